The van der Waals surface area contributed by atoms with Crippen LogP contribution in [0, 0.1) is 17.6 Å². The lowest BCUT2D eigenvalue weighted by Gasteiger charge is -2.32. The van der Waals surface area contributed by atoms with Crippen LogP contribution in [0.1, 0.15) is 49.2 Å². The summed E-state index contributed by atoms with van der Waals surface area (Å²) in [6.07, 6.45) is 10.2. The van der Waals surface area contributed by atoms with Gasteiger partial charge in [0.2, 0.25) is 0 Å². The lowest BCUT2D eigenvalue weighted by Crippen LogP contribution is -2.27. The number of hydrogen-bond acceptors (Lipinski definition) is 8. The molecule has 0 radical (unpaired) electrons. The van der Waals surface area contributed by atoms with Gasteiger partial charge in [0.1, 0.15) is 18.0 Å². The zero-order chi connectivity index (χ0) is 26.4. The van der Waals surface area contributed by atoms with Crippen molar-refractivity contribution in [2.24, 2.45) is 11.7 Å². The highest BCUT2D eigenvalue weighted by molar-refractivity contribution is 7.98. The predicted molar refractivity (Wildman–Crippen MR) is 140 cm³/mol. The maximum atomic E-state index is 14.4. The van der Waals surface area contributed by atoms with Crippen LogP contribution in [0.15, 0.2) is 54.1 Å². The number of hydrogen-bond donors (Lipinski definition) is 2. The normalized spacial score (nSPS) is 18.4. The molecule has 3 N–H and O–H groups in total. The predicted octanol–water partition coefficient (Wildman–Crippen LogP) is 4.55. The Balaban J connectivity index is 1.74. The Labute approximate surface area is 219 Å². The molecule has 2 heterocycles. The minimum atomic E-state index is -0.708. The van der Waals surface area contributed by atoms with Crippen molar-refractivity contribution >= 4 is 17.5 Å². The summed E-state index contributed by atoms with van der Waals surface area (Å²) in [7, 11) is 1.52. The Morgan fingerprint density at radius 2 is 2.05 bits per heavy atom. The third-order valence-electron chi connectivity index (χ3n) is 6.44. The van der Waals surface area contributed by atoms with E-state index >= 15 is 0 Å². The number of benzene rings is 1. The van der Waals surface area contributed by atoms with Crippen molar-refractivity contribution < 1.29 is 13.6 Å². The molecule has 8 nitrogen and oxygen atoms in total. The van der Waals surface area contributed by atoms with E-state index in [1.807, 2.05) is 12.3 Å². The number of rotatable bonds is 10. The van der Waals surface area contributed by atoms with Crippen LogP contribution in [-0.4, -0.2) is 43.9 Å². The monoisotopic (exact) mass is 527 g/mol. The van der Waals surface area contributed by atoms with Gasteiger partial charge in [-0.15, -0.1) is 5.10 Å². The van der Waals surface area contributed by atoms with Crippen molar-refractivity contribution in [1.29, 1.82) is 0 Å². The molecule has 4 rings (SSSR count). The second-order valence-corrected chi connectivity index (χ2v) is 9.82. The molecule has 1 aliphatic carbocycles. The van der Waals surface area contributed by atoms with Crippen LogP contribution in [-0.2, 0) is 11.3 Å². The zero-order valence-electron chi connectivity index (χ0n) is 21.1. The van der Waals surface area contributed by atoms with Gasteiger partial charge in [-0.05, 0) is 54.9 Å². The molecule has 0 aliphatic heterocycles. The molecule has 196 valence electrons. The standard InChI is InChI=1S/C26H31F2N7OS/c1-4-16-12-17(14-21(29)24-19(27)6-5-7-20(24)28)25(34-36-2)18(13-16)22-8-10-30-26(32-22)35-15-31-23(33-35)9-11-37-3/h5-8,10,14-16,18,34H,4,9,11-13,29H2,1-3H3/b21-14-. The second-order valence-electron chi connectivity index (χ2n) is 8.84. The highest BCUT2D eigenvalue weighted by atomic mass is 32.2. The summed E-state index contributed by atoms with van der Waals surface area (Å²) in [5, 5.41) is 4.51. The molecule has 0 fully saturated rings. The Bertz CT molecular complexity index is 1270. The van der Waals surface area contributed by atoms with Crippen LogP contribution in [0.2, 0.25) is 0 Å². The van der Waals surface area contributed by atoms with Crippen LogP contribution in [0.25, 0.3) is 11.6 Å². The summed E-state index contributed by atoms with van der Waals surface area (Å²) in [6.45, 7) is 2.12. The first-order valence-electron chi connectivity index (χ1n) is 12.1. The van der Waals surface area contributed by atoms with Crippen LogP contribution in [0.4, 0.5) is 8.78 Å². The number of aryl methyl sites for hydroxylation is 1. The number of hydroxylamine groups is 1. The van der Waals surface area contributed by atoms with Crippen molar-refractivity contribution in [1.82, 2.24) is 30.2 Å². The Kier molecular flexibility index (Phi) is 8.88. The van der Waals surface area contributed by atoms with E-state index in [9.17, 15) is 8.78 Å². The number of halogens is 2. The minimum absolute atomic E-state index is 0.0141. The van der Waals surface area contributed by atoms with Crippen LogP contribution >= 0.6 is 11.8 Å². The van der Waals surface area contributed by atoms with E-state index in [1.54, 1.807) is 35.0 Å². The Hall–Kier alpha value is -3.31. The van der Waals surface area contributed by atoms with Crippen LogP contribution < -0.4 is 11.2 Å². The molecule has 37 heavy (non-hydrogen) atoms. The highest BCUT2D eigenvalue weighted by Crippen LogP contribution is 2.41. The van der Waals surface area contributed by atoms with Crippen molar-refractivity contribution in [3.05, 3.63) is 82.9 Å². The SMILES string of the molecule is CCC1CC(/C=C(\N)c2c(F)cccc2F)=C(NOC)C(c2ccnc(-n3cnc(CCSC)n3)n2)C1. The van der Waals surface area contributed by atoms with Crippen LogP contribution in [0.3, 0.4) is 0 Å². The Morgan fingerprint density at radius 3 is 2.76 bits per heavy atom. The van der Waals surface area contributed by atoms with Crippen molar-refractivity contribution in [2.45, 2.75) is 38.5 Å². The lowest BCUT2D eigenvalue weighted by molar-refractivity contribution is 0.107. The lowest BCUT2D eigenvalue weighted by atomic mass is 9.77. The molecular weight excluding hydrogens is 496 g/mol. The number of allylic oxidation sites excluding steroid dienone is 3. The van der Waals surface area contributed by atoms with E-state index in [-0.39, 0.29) is 17.2 Å². The molecule has 0 spiro atoms. The third-order valence-corrected chi connectivity index (χ3v) is 7.05. The average molecular weight is 528 g/mol. The summed E-state index contributed by atoms with van der Waals surface area (Å²) in [5.74, 6) is 0.792. The quantitative estimate of drug-likeness (QED) is 0.370. The summed E-state index contributed by atoms with van der Waals surface area (Å²) in [5.41, 5.74) is 11.3. The maximum absolute atomic E-state index is 14.4. The number of aromatic nitrogens is 5. The molecule has 2 atom stereocenters. The molecule has 0 saturated carbocycles. The smallest absolute Gasteiger partial charge is 0.252 e. The molecule has 2 unspecified atom stereocenters. The zero-order valence-corrected chi connectivity index (χ0v) is 21.9. The van der Waals surface area contributed by atoms with Gasteiger partial charge in [0.25, 0.3) is 5.95 Å². The molecular formula is C26H31F2N7OS. The van der Waals surface area contributed by atoms with Crippen molar-refractivity contribution in [3.8, 4) is 5.95 Å². The average Bonchev–Trinajstić information content (AvgIpc) is 3.37. The summed E-state index contributed by atoms with van der Waals surface area (Å²) in [4.78, 5) is 18.9. The second kappa shape index (κ2) is 12.3. The van der Waals surface area contributed by atoms with Gasteiger partial charge in [-0.1, -0.05) is 19.4 Å². The molecule has 1 aliphatic rings. The molecule has 0 bridgehead atoms. The number of thioether (sulfide) groups is 1. The molecule has 1 aromatic carbocycles. The first-order valence-corrected chi connectivity index (χ1v) is 13.5. The molecule has 11 heteroatoms. The van der Waals surface area contributed by atoms with E-state index in [2.05, 4.69) is 27.5 Å². The van der Waals surface area contributed by atoms with Gasteiger partial charge < -0.3 is 5.73 Å². The fourth-order valence-corrected chi connectivity index (χ4v) is 4.93. The van der Waals surface area contributed by atoms with E-state index in [0.29, 0.717) is 18.3 Å². The summed E-state index contributed by atoms with van der Waals surface area (Å²) in [6, 6.07) is 5.56. The van der Waals surface area contributed by atoms with Gasteiger partial charge in [-0.2, -0.15) is 16.4 Å². The third kappa shape index (κ3) is 6.16. The van der Waals surface area contributed by atoms with Crippen molar-refractivity contribution in [3.63, 3.8) is 0 Å². The topological polar surface area (TPSA) is 104 Å². The Morgan fingerprint density at radius 1 is 1.27 bits per heavy atom. The van der Waals surface area contributed by atoms with Gasteiger partial charge in [-0.3, -0.25) is 10.3 Å². The summed E-state index contributed by atoms with van der Waals surface area (Å²) < 4.78 is 30.4. The fourth-order valence-electron chi connectivity index (χ4n) is 4.54. The van der Waals surface area contributed by atoms with E-state index in [1.165, 1.54) is 25.3 Å². The molecule has 2 aromatic heterocycles. The minimum Gasteiger partial charge on any atom is -0.398 e. The van der Waals surface area contributed by atoms with Crippen LogP contribution in [0.5, 0.6) is 0 Å². The van der Waals surface area contributed by atoms with Gasteiger partial charge in [0.05, 0.1) is 24.1 Å². The molecule has 0 amide bonds. The van der Waals surface area contributed by atoms with E-state index in [4.69, 9.17) is 15.6 Å². The first-order chi connectivity index (χ1) is 17.9. The maximum Gasteiger partial charge on any atom is 0.252 e. The number of nitrogens with two attached hydrogens (primary N) is 1. The fraction of sp³-hybridized carbons (Fsp3) is 0.385. The van der Waals surface area contributed by atoms with Gasteiger partial charge in [-0.25, -0.2) is 23.7 Å². The van der Waals surface area contributed by atoms with Gasteiger partial charge in [0.15, 0.2) is 5.82 Å². The van der Waals surface area contributed by atoms with Gasteiger partial charge >= 0.3 is 0 Å². The van der Waals surface area contributed by atoms with Crippen molar-refractivity contribution in [2.75, 3.05) is 19.1 Å². The van der Waals surface area contributed by atoms with Gasteiger partial charge in [0, 0.05) is 30.0 Å². The largest absolute Gasteiger partial charge is 0.398 e. The highest BCUT2D eigenvalue weighted by Gasteiger charge is 2.31. The van der Waals surface area contributed by atoms with E-state index < -0.39 is 11.6 Å². The summed E-state index contributed by atoms with van der Waals surface area (Å²) >= 11 is 1.73. The number of nitrogens with zero attached hydrogens (tertiary/aromatic N) is 5. The molecule has 3 aromatic rings. The van der Waals surface area contributed by atoms with E-state index in [0.717, 1.165) is 47.8 Å². The molecule has 0 saturated heterocycles. The first kappa shape index (κ1) is 26.7. The number of nitrogens with one attached hydrogen (secondary N) is 1.